The Morgan fingerprint density at radius 1 is 1.12 bits per heavy atom. The summed E-state index contributed by atoms with van der Waals surface area (Å²) in [4.78, 5) is 7.15. The number of aromatic nitrogens is 1. The molecule has 90 valence electrons. The number of pyridine rings is 1. The van der Waals surface area contributed by atoms with Gasteiger partial charge < -0.3 is 5.32 Å². The number of rotatable bonds is 5. The Bertz CT molecular complexity index is 459. The second kappa shape index (κ2) is 5.94. The third-order valence-corrected chi connectivity index (χ3v) is 3.90. The first-order valence-corrected chi connectivity index (χ1v) is 6.79. The van der Waals surface area contributed by atoms with Crippen molar-refractivity contribution in [2.45, 2.75) is 33.4 Å². The number of thiophene rings is 1. The fourth-order valence-electron chi connectivity index (χ4n) is 1.64. The van der Waals surface area contributed by atoms with Gasteiger partial charge in [0.15, 0.2) is 0 Å². The maximum Gasteiger partial charge on any atom is 0.0372 e. The van der Waals surface area contributed by atoms with Gasteiger partial charge in [-0.2, -0.15) is 0 Å². The second-order valence-corrected chi connectivity index (χ2v) is 5.39. The van der Waals surface area contributed by atoms with Crippen molar-refractivity contribution in [3.8, 4) is 0 Å². The zero-order valence-corrected chi connectivity index (χ0v) is 11.2. The molecular formula is C14H18N2S. The third kappa shape index (κ3) is 3.65. The van der Waals surface area contributed by atoms with Gasteiger partial charge in [-0.05, 0) is 37.1 Å². The van der Waals surface area contributed by atoms with Gasteiger partial charge in [0, 0.05) is 34.7 Å². The van der Waals surface area contributed by atoms with Crippen LogP contribution in [0.3, 0.4) is 0 Å². The minimum atomic E-state index is 0.882. The molecule has 2 heterocycles. The molecule has 0 atom stereocenters. The summed E-state index contributed by atoms with van der Waals surface area (Å²) >= 11 is 1.89. The van der Waals surface area contributed by atoms with Crippen LogP contribution in [0.15, 0.2) is 30.5 Å². The molecule has 0 bridgehead atoms. The molecule has 0 saturated heterocycles. The molecule has 0 aromatic carbocycles. The SMILES string of the molecule is CCc1ccc(CNCc2ccc(C)nc2)s1. The summed E-state index contributed by atoms with van der Waals surface area (Å²) in [5.41, 5.74) is 2.31. The van der Waals surface area contributed by atoms with E-state index >= 15 is 0 Å². The van der Waals surface area contributed by atoms with E-state index in [1.54, 1.807) is 0 Å². The van der Waals surface area contributed by atoms with E-state index in [2.05, 4.69) is 41.5 Å². The average Bonchev–Trinajstić information content (AvgIpc) is 2.80. The number of nitrogens with one attached hydrogen (secondary N) is 1. The van der Waals surface area contributed by atoms with Gasteiger partial charge in [-0.1, -0.05) is 13.0 Å². The van der Waals surface area contributed by atoms with Crippen molar-refractivity contribution in [3.05, 3.63) is 51.5 Å². The number of hydrogen-bond donors (Lipinski definition) is 1. The molecule has 0 saturated carbocycles. The predicted octanol–water partition coefficient (Wildman–Crippen LogP) is 3.30. The van der Waals surface area contributed by atoms with Gasteiger partial charge in [0.25, 0.3) is 0 Å². The van der Waals surface area contributed by atoms with Crippen molar-refractivity contribution < 1.29 is 0 Å². The van der Waals surface area contributed by atoms with Crippen LogP contribution in [-0.4, -0.2) is 4.98 Å². The second-order valence-electron chi connectivity index (χ2n) is 4.13. The Morgan fingerprint density at radius 3 is 2.59 bits per heavy atom. The summed E-state index contributed by atoms with van der Waals surface area (Å²) in [6.45, 7) is 6.03. The molecule has 0 radical (unpaired) electrons. The first-order chi connectivity index (χ1) is 8.28. The van der Waals surface area contributed by atoms with Crippen LogP contribution in [0, 0.1) is 6.92 Å². The summed E-state index contributed by atoms with van der Waals surface area (Å²) in [5, 5.41) is 3.45. The minimum absolute atomic E-state index is 0.882. The molecule has 0 unspecified atom stereocenters. The van der Waals surface area contributed by atoms with Crippen LogP contribution in [0.2, 0.25) is 0 Å². The predicted molar refractivity (Wildman–Crippen MR) is 73.2 cm³/mol. The Kier molecular flexibility index (Phi) is 4.29. The first-order valence-electron chi connectivity index (χ1n) is 5.97. The van der Waals surface area contributed by atoms with Crippen molar-refractivity contribution in [1.82, 2.24) is 10.3 Å². The van der Waals surface area contributed by atoms with Crippen LogP contribution < -0.4 is 5.32 Å². The van der Waals surface area contributed by atoms with Crippen molar-refractivity contribution in [3.63, 3.8) is 0 Å². The topological polar surface area (TPSA) is 24.9 Å². The van der Waals surface area contributed by atoms with Crippen LogP contribution in [0.4, 0.5) is 0 Å². The van der Waals surface area contributed by atoms with Crippen LogP contribution in [0.5, 0.6) is 0 Å². The van der Waals surface area contributed by atoms with Crippen LogP contribution in [0.25, 0.3) is 0 Å². The Hall–Kier alpha value is -1.19. The van der Waals surface area contributed by atoms with Crippen molar-refractivity contribution in [1.29, 1.82) is 0 Å². The lowest BCUT2D eigenvalue weighted by molar-refractivity contribution is 0.698. The molecule has 0 spiro atoms. The van der Waals surface area contributed by atoms with E-state index in [1.807, 2.05) is 24.5 Å². The third-order valence-electron chi connectivity index (χ3n) is 2.67. The molecule has 0 aliphatic heterocycles. The van der Waals surface area contributed by atoms with Gasteiger partial charge in [0.05, 0.1) is 0 Å². The molecule has 2 aromatic heterocycles. The average molecular weight is 246 g/mol. The molecule has 0 amide bonds. The van der Waals surface area contributed by atoms with Crippen LogP contribution in [0.1, 0.15) is 27.9 Å². The van der Waals surface area contributed by atoms with Crippen molar-refractivity contribution >= 4 is 11.3 Å². The van der Waals surface area contributed by atoms with Crippen molar-refractivity contribution in [2.75, 3.05) is 0 Å². The Balaban J connectivity index is 1.81. The molecule has 2 aromatic rings. The number of aryl methyl sites for hydroxylation is 2. The van der Waals surface area contributed by atoms with Gasteiger partial charge in [-0.25, -0.2) is 0 Å². The minimum Gasteiger partial charge on any atom is -0.308 e. The van der Waals surface area contributed by atoms with Gasteiger partial charge >= 0.3 is 0 Å². The highest BCUT2D eigenvalue weighted by molar-refractivity contribution is 7.11. The Labute approximate surface area is 107 Å². The smallest absolute Gasteiger partial charge is 0.0372 e. The lowest BCUT2D eigenvalue weighted by Crippen LogP contribution is -2.11. The van der Waals surface area contributed by atoms with E-state index in [0.717, 1.165) is 25.2 Å². The molecular weight excluding hydrogens is 228 g/mol. The zero-order chi connectivity index (χ0) is 12.1. The summed E-state index contributed by atoms with van der Waals surface area (Å²) < 4.78 is 0. The number of nitrogens with zero attached hydrogens (tertiary/aromatic N) is 1. The molecule has 2 rings (SSSR count). The van der Waals surface area contributed by atoms with E-state index in [1.165, 1.54) is 15.3 Å². The number of hydrogen-bond acceptors (Lipinski definition) is 3. The lowest BCUT2D eigenvalue weighted by Gasteiger charge is -2.03. The lowest BCUT2D eigenvalue weighted by atomic mass is 10.2. The largest absolute Gasteiger partial charge is 0.308 e. The van der Waals surface area contributed by atoms with Gasteiger partial charge in [0.2, 0.25) is 0 Å². The van der Waals surface area contributed by atoms with E-state index in [0.29, 0.717) is 0 Å². The molecule has 0 aliphatic carbocycles. The quantitative estimate of drug-likeness (QED) is 0.875. The highest BCUT2D eigenvalue weighted by atomic mass is 32.1. The van der Waals surface area contributed by atoms with Gasteiger partial charge in [-0.15, -0.1) is 11.3 Å². The Morgan fingerprint density at radius 2 is 1.94 bits per heavy atom. The highest BCUT2D eigenvalue weighted by Crippen LogP contribution is 2.16. The zero-order valence-electron chi connectivity index (χ0n) is 10.4. The van der Waals surface area contributed by atoms with E-state index in [9.17, 15) is 0 Å². The molecule has 0 fully saturated rings. The monoisotopic (exact) mass is 246 g/mol. The summed E-state index contributed by atoms with van der Waals surface area (Å²) in [7, 11) is 0. The maximum atomic E-state index is 4.28. The van der Waals surface area contributed by atoms with Crippen LogP contribution >= 0.6 is 11.3 Å². The van der Waals surface area contributed by atoms with Gasteiger partial charge in [0.1, 0.15) is 0 Å². The molecule has 17 heavy (non-hydrogen) atoms. The van der Waals surface area contributed by atoms with E-state index in [4.69, 9.17) is 0 Å². The van der Waals surface area contributed by atoms with Crippen molar-refractivity contribution in [2.24, 2.45) is 0 Å². The standard InChI is InChI=1S/C14H18N2S/c1-3-13-6-7-14(17-13)10-15-8-12-5-4-11(2)16-9-12/h4-7,9,15H,3,8,10H2,1-2H3. The van der Waals surface area contributed by atoms with E-state index in [-0.39, 0.29) is 0 Å². The fourth-order valence-corrected chi connectivity index (χ4v) is 2.57. The normalized spacial score (nSPS) is 10.7. The van der Waals surface area contributed by atoms with Crippen LogP contribution in [-0.2, 0) is 19.5 Å². The molecule has 0 aliphatic rings. The van der Waals surface area contributed by atoms with Gasteiger partial charge in [-0.3, -0.25) is 4.98 Å². The maximum absolute atomic E-state index is 4.28. The molecule has 1 N–H and O–H groups in total. The highest BCUT2D eigenvalue weighted by Gasteiger charge is 1.98. The van der Waals surface area contributed by atoms with E-state index < -0.39 is 0 Å². The summed E-state index contributed by atoms with van der Waals surface area (Å²) in [5.74, 6) is 0. The first kappa shape index (κ1) is 12.3. The fraction of sp³-hybridized carbons (Fsp3) is 0.357. The summed E-state index contributed by atoms with van der Waals surface area (Å²) in [6, 6.07) is 8.61. The molecule has 2 nitrogen and oxygen atoms in total. The molecule has 3 heteroatoms. The summed E-state index contributed by atoms with van der Waals surface area (Å²) in [6.07, 6.45) is 3.07.